The zero-order valence-corrected chi connectivity index (χ0v) is 12.1. The Morgan fingerprint density at radius 1 is 1.15 bits per heavy atom. The van der Waals surface area contributed by atoms with Gasteiger partial charge in [0.05, 0.1) is 6.61 Å². The van der Waals surface area contributed by atoms with E-state index in [1.165, 1.54) is 6.92 Å². The van der Waals surface area contributed by atoms with Gasteiger partial charge in [0.2, 0.25) is 0 Å². The molecule has 0 atom stereocenters. The van der Waals surface area contributed by atoms with Crippen LogP contribution in [-0.4, -0.2) is 31.6 Å². The Morgan fingerprint density at radius 3 is 2.45 bits per heavy atom. The van der Waals surface area contributed by atoms with Crippen molar-refractivity contribution in [3.8, 4) is 0 Å². The van der Waals surface area contributed by atoms with Crippen molar-refractivity contribution in [2.75, 3.05) is 25.1 Å². The summed E-state index contributed by atoms with van der Waals surface area (Å²) in [5.41, 5.74) is 1.28. The van der Waals surface area contributed by atoms with Crippen molar-refractivity contribution in [3.63, 3.8) is 0 Å². The second-order valence-electron chi connectivity index (χ2n) is 4.48. The number of carbonyl (C=O) groups is 2. The van der Waals surface area contributed by atoms with Crippen molar-refractivity contribution in [1.29, 1.82) is 0 Å². The monoisotopic (exact) mass is 278 g/mol. The number of rotatable bonds is 8. The molecule has 0 fully saturated rings. The van der Waals surface area contributed by atoms with Gasteiger partial charge in [0, 0.05) is 24.4 Å². The molecule has 110 valence electrons. The van der Waals surface area contributed by atoms with Crippen LogP contribution in [0.4, 0.5) is 10.5 Å². The molecule has 0 aliphatic rings. The maximum Gasteiger partial charge on any atom is 0.319 e. The highest BCUT2D eigenvalue weighted by Gasteiger charge is 2.02. The second-order valence-corrected chi connectivity index (χ2v) is 4.48. The van der Waals surface area contributed by atoms with E-state index in [2.05, 4.69) is 17.6 Å². The Hall–Kier alpha value is -1.88. The lowest BCUT2D eigenvalue weighted by molar-refractivity contribution is 0.101. The number of ketones is 1. The first-order valence-corrected chi connectivity index (χ1v) is 6.87. The number of unbranched alkanes of at least 4 members (excludes halogenated alkanes) is 1. The van der Waals surface area contributed by atoms with Crippen molar-refractivity contribution in [2.45, 2.75) is 26.7 Å². The summed E-state index contributed by atoms with van der Waals surface area (Å²) in [5, 5.41) is 5.40. The number of hydrogen-bond acceptors (Lipinski definition) is 3. The van der Waals surface area contributed by atoms with Gasteiger partial charge in [0.25, 0.3) is 0 Å². The van der Waals surface area contributed by atoms with Crippen molar-refractivity contribution in [2.24, 2.45) is 0 Å². The third-order valence-corrected chi connectivity index (χ3v) is 2.72. The summed E-state index contributed by atoms with van der Waals surface area (Å²) in [6.45, 7) is 5.32. The van der Waals surface area contributed by atoms with Crippen molar-refractivity contribution in [1.82, 2.24) is 5.32 Å². The summed E-state index contributed by atoms with van der Waals surface area (Å²) in [6.07, 6.45) is 2.14. The molecule has 0 heterocycles. The lowest BCUT2D eigenvalue weighted by Gasteiger charge is -2.08. The first kappa shape index (κ1) is 16.2. The molecular weight excluding hydrogens is 256 g/mol. The van der Waals surface area contributed by atoms with Crippen molar-refractivity contribution < 1.29 is 14.3 Å². The van der Waals surface area contributed by atoms with Gasteiger partial charge in [0.1, 0.15) is 0 Å². The third-order valence-electron chi connectivity index (χ3n) is 2.72. The molecule has 0 spiro atoms. The Morgan fingerprint density at radius 2 is 1.85 bits per heavy atom. The summed E-state index contributed by atoms with van der Waals surface area (Å²) in [6, 6.07) is 6.50. The van der Waals surface area contributed by atoms with Crippen LogP contribution >= 0.6 is 0 Å². The Kier molecular flexibility index (Phi) is 7.35. The number of anilines is 1. The van der Waals surface area contributed by atoms with Gasteiger partial charge in [-0.2, -0.15) is 0 Å². The summed E-state index contributed by atoms with van der Waals surface area (Å²) >= 11 is 0. The minimum absolute atomic E-state index is 0.00484. The highest BCUT2D eigenvalue weighted by molar-refractivity contribution is 5.95. The average Bonchev–Trinajstić information content (AvgIpc) is 2.43. The van der Waals surface area contributed by atoms with Gasteiger partial charge in [-0.05, 0) is 37.6 Å². The maximum atomic E-state index is 11.6. The Balaban J connectivity index is 2.23. The van der Waals surface area contributed by atoms with Gasteiger partial charge >= 0.3 is 6.03 Å². The number of ether oxygens (including phenoxy) is 1. The molecular formula is C15H22N2O3. The molecule has 5 heteroatoms. The first-order valence-electron chi connectivity index (χ1n) is 6.87. The van der Waals surface area contributed by atoms with Gasteiger partial charge in [-0.25, -0.2) is 4.79 Å². The van der Waals surface area contributed by atoms with Crippen LogP contribution in [0.3, 0.4) is 0 Å². The first-order chi connectivity index (χ1) is 9.63. The van der Waals surface area contributed by atoms with Crippen LogP contribution in [0.25, 0.3) is 0 Å². The van der Waals surface area contributed by atoms with Crippen LogP contribution in [-0.2, 0) is 4.74 Å². The van der Waals surface area contributed by atoms with Gasteiger partial charge in [-0.15, -0.1) is 0 Å². The molecule has 0 radical (unpaired) electrons. The SMILES string of the molecule is CCCCOCCNC(=O)Nc1ccc(C(C)=O)cc1. The predicted octanol–water partition coefficient (Wildman–Crippen LogP) is 2.83. The zero-order valence-electron chi connectivity index (χ0n) is 12.1. The van der Waals surface area contributed by atoms with Crippen LogP contribution in [0, 0.1) is 0 Å². The topological polar surface area (TPSA) is 67.4 Å². The van der Waals surface area contributed by atoms with Crippen LogP contribution in [0.1, 0.15) is 37.0 Å². The molecule has 2 amide bonds. The second kappa shape index (κ2) is 9.09. The van der Waals surface area contributed by atoms with Crippen LogP contribution in [0.2, 0.25) is 0 Å². The average molecular weight is 278 g/mol. The lowest BCUT2D eigenvalue weighted by Crippen LogP contribution is -2.31. The quantitative estimate of drug-likeness (QED) is 0.567. The highest BCUT2D eigenvalue weighted by Crippen LogP contribution is 2.09. The van der Waals surface area contributed by atoms with Crippen LogP contribution in [0.15, 0.2) is 24.3 Å². The van der Waals surface area contributed by atoms with E-state index in [4.69, 9.17) is 4.74 Å². The number of urea groups is 1. The van der Waals surface area contributed by atoms with E-state index in [0.717, 1.165) is 19.4 Å². The predicted molar refractivity (Wildman–Crippen MR) is 79.2 cm³/mol. The van der Waals surface area contributed by atoms with E-state index in [-0.39, 0.29) is 11.8 Å². The molecule has 1 aromatic rings. The molecule has 0 saturated heterocycles. The van der Waals surface area contributed by atoms with E-state index >= 15 is 0 Å². The molecule has 0 aromatic heterocycles. The van der Waals surface area contributed by atoms with Crippen molar-refractivity contribution >= 4 is 17.5 Å². The van der Waals surface area contributed by atoms with Gasteiger partial charge in [0.15, 0.2) is 5.78 Å². The van der Waals surface area contributed by atoms with E-state index in [9.17, 15) is 9.59 Å². The minimum atomic E-state index is -0.278. The standard InChI is InChI=1S/C15H22N2O3/c1-3-4-10-20-11-9-16-15(19)17-14-7-5-13(6-8-14)12(2)18/h5-8H,3-4,9-11H2,1-2H3,(H2,16,17,19). The zero-order chi connectivity index (χ0) is 14.8. The fraction of sp³-hybridized carbons (Fsp3) is 0.467. The number of Topliss-reactive ketones (excluding diaryl/α,β-unsaturated/α-hetero) is 1. The molecule has 20 heavy (non-hydrogen) atoms. The van der Waals surface area contributed by atoms with E-state index in [1.807, 2.05) is 0 Å². The highest BCUT2D eigenvalue weighted by atomic mass is 16.5. The summed E-state index contributed by atoms with van der Waals surface area (Å²) in [5.74, 6) is 0.00484. The summed E-state index contributed by atoms with van der Waals surface area (Å²) < 4.78 is 5.34. The van der Waals surface area contributed by atoms with Crippen LogP contribution < -0.4 is 10.6 Å². The number of carbonyl (C=O) groups excluding carboxylic acids is 2. The van der Waals surface area contributed by atoms with Gasteiger partial charge in [-0.3, -0.25) is 4.79 Å². The maximum absolute atomic E-state index is 11.6. The molecule has 0 aliphatic heterocycles. The largest absolute Gasteiger partial charge is 0.380 e. The lowest BCUT2D eigenvalue weighted by atomic mass is 10.1. The number of hydrogen-bond donors (Lipinski definition) is 2. The fourth-order valence-corrected chi connectivity index (χ4v) is 1.55. The Bertz CT molecular complexity index is 429. The van der Waals surface area contributed by atoms with Crippen LogP contribution in [0.5, 0.6) is 0 Å². The molecule has 0 saturated carbocycles. The molecule has 1 rings (SSSR count). The summed E-state index contributed by atoms with van der Waals surface area (Å²) in [7, 11) is 0. The molecule has 0 unspecified atom stereocenters. The third kappa shape index (κ3) is 6.33. The number of benzene rings is 1. The van der Waals surface area contributed by atoms with Gasteiger partial charge in [-0.1, -0.05) is 13.3 Å². The normalized spacial score (nSPS) is 10.1. The van der Waals surface area contributed by atoms with E-state index in [1.54, 1.807) is 24.3 Å². The van der Waals surface area contributed by atoms with Gasteiger partial charge < -0.3 is 15.4 Å². The smallest absolute Gasteiger partial charge is 0.319 e. The van der Waals surface area contributed by atoms with Crippen molar-refractivity contribution in [3.05, 3.63) is 29.8 Å². The molecule has 2 N–H and O–H groups in total. The van der Waals surface area contributed by atoms with E-state index in [0.29, 0.717) is 24.4 Å². The minimum Gasteiger partial charge on any atom is -0.380 e. The fourth-order valence-electron chi connectivity index (χ4n) is 1.55. The molecule has 0 aliphatic carbocycles. The molecule has 5 nitrogen and oxygen atoms in total. The molecule has 0 bridgehead atoms. The summed E-state index contributed by atoms with van der Waals surface area (Å²) in [4.78, 5) is 22.7. The Labute approximate surface area is 119 Å². The van der Waals surface area contributed by atoms with E-state index < -0.39 is 0 Å². The molecule has 1 aromatic carbocycles. The number of nitrogens with one attached hydrogen (secondary N) is 2. The number of amides is 2.